The van der Waals surface area contributed by atoms with Gasteiger partial charge in [0.2, 0.25) is 5.91 Å². The second kappa shape index (κ2) is 10.2. The van der Waals surface area contributed by atoms with Crippen molar-refractivity contribution in [3.05, 3.63) is 35.4 Å². The first-order valence-electron chi connectivity index (χ1n) is 7.01. The van der Waals surface area contributed by atoms with Gasteiger partial charge in [0, 0.05) is 6.54 Å². The standard InChI is InChI=1S/C13H17NO.C2H6.C2H2/c1-2-14-13(15)12-9-5-7-10-6-3-4-8-11(10)12;2*1-2/h3-4,6,8,12H,2,5,7,9H2,1H3,(H,14,15);1-2H3;1-2H/t12-;;/m1../s1. The number of nitrogens with one attached hydrogen (secondary N) is 1. The highest BCUT2D eigenvalue weighted by atomic mass is 16.1. The maximum Gasteiger partial charge on any atom is 0.227 e. The molecule has 0 spiro atoms. The lowest BCUT2D eigenvalue weighted by atomic mass is 9.82. The van der Waals surface area contributed by atoms with Gasteiger partial charge in [0.15, 0.2) is 0 Å². The molecule has 2 rings (SSSR count). The van der Waals surface area contributed by atoms with Crippen molar-refractivity contribution in [3.8, 4) is 12.8 Å². The van der Waals surface area contributed by atoms with E-state index in [0.29, 0.717) is 0 Å². The summed E-state index contributed by atoms with van der Waals surface area (Å²) in [5.74, 6) is 0.263. The van der Waals surface area contributed by atoms with Crippen LogP contribution < -0.4 is 5.32 Å². The van der Waals surface area contributed by atoms with Gasteiger partial charge in [0.05, 0.1) is 5.92 Å². The van der Waals surface area contributed by atoms with E-state index in [1.807, 2.05) is 26.8 Å². The van der Waals surface area contributed by atoms with Crippen LogP contribution in [0.25, 0.3) is 0 Å². The first kappa shape index (κ1) is 17.2. The molecule has 0 saturated carbocycles. The lowest BCUT2D eigenvalue weighted by molar-refractivity contribution is -0.122. The minimum Gasteiger partial charge on any atom is -0.356 e. The van der Waals surface area contributed by atoms with Gasteiger partial charge in [-0.25, -0.2) is 0 Å². The Kier molecular flexibility index (Phi) is 9.26. The second-order valence-electron chi connectivity index (χ2n) is 4.04. The van der Waals surface area contributed by atoms with Gasteiger partial charge in [-0.3, -0.25) is 4.79 Å². The topological polar surface area (TPSA) is 29.1 Å². The van der Waals surface area contributed by atoms with Gasteiger partial charge in [0.25, 0.3) is 0 Å². The molecule has 0 fully saturated rings. The number of amides is 1. The molecule has 2 heteroatoms. The van der Waals surface area contributed by atoms with Gasteiger partial charge >= 0.3 is 0 Å². The summed E-state index contributed by atoms with van der Waals surface area (Å²) in [5.41, 5.74) is 2.58. The van der Waals surface area contributed by atoms with Crippen molar-refractivity contribution in [2.24, 2.45) is 0 Å². The van der Waals surface area contributed by atoms with Crippen LogP contribution in [0.1, 0.15) is 50.7 Å². The van der Waals surface area contributed by atoms with Crippen LogP contribution in [0.2, 0.25) is 0 Å². The SMILES string of the molecule is C#C.CC.CCNC(=O)[C@@H]1CCCc2ccccc21. The minimum atomic E-state index is 0.0786. The first-order chi connectivity index (χ1) is 9.33. The summed E-state index contributed by atoms with van der Waals surface area (Å²) in [5, 5.41) is 2.92. The maximum atomic E-state index is 11.8. The molecule has 0 aliphatic heterocycles. The Balaban J connectivity index is 0.000000741. The van der Waals surface area contributed by atoms with Gasteiger partial charge in [0.1, 0.15) is 0 Å². The number of carbonyl (C=O) groups excluding carboxylic acids is 1. The molecule has 0 saturated heterocycles. The van der Waals surface area contributed by atoms with Crippen molar-refractivity contribution in [3.63, 3.8) is 0 Å². The Labute approximate surface area is 117 Å². The monoisotopic (exact) mass is 259 g/mol. The Bertz CT molecular complexity index is 395. The van der Waals surface area contributed by atoms with Gasteiger partial charge in [-0.15, -0.1) is 12.8 Å². The van der Waals surface area contributed by atoms with Gasteiger partial charge in [-0.05, 0) is 37.3 Å². The first-order valence-corrected chi connectivity index (χ1v) is 7.01. The number of terminal acetylenes is 1. The number of rotatable bonds is 2. The fourth-order valence-electron chi connectivity index (χ4n) is 2.32. The van der Waals surface area contributed by atoms with E-state index in [-0.39, 0.29) is 11.8 Å². The molecule has 1 aromatic carbocycles. The molecule has 0 aromatic heterocycles. The van der Waals surface area contributed by atoms with Gasteiger partial charge in [-0.2, -0.15) is 0 Å². The normalized spacial score (nSPS) is 15.7. The Morgan fingerprint density at radius 3 is 2.58 bits per heavy atom. The molecular weight excluding hydrogens is 234 g/mol. The molecule has 0 bridgehead atoms. The quantitative estimate of drug-likeness (QED) is 0.809. The molecular formula is C17H25NO. The molecule has 1 N–H and O–H groups in total. The summed E-state index contributed by atoms with van der Waals surface area (Å²) >= 11 is 0. The van der Waals surface area contributed by atoms with Crippen LogP contribution in [0.4, 0.5) is 0 Å². The van der Waals surface area contributed by atoms with Crippen molar-refractivity contribution >= 4 is 5.91 Å². The zero-order chi connectivity index (χ0) is 14.7. The van der Waals surface area contributed by atoms with Crippen molar-refractivity contribution in [2.45, 2.75) is 46.0 Å². The molecule has 0 heterocycles. The van der Waals surface area contributed by atoms with Crippen LogP contribution in [0.3, 0.4) is 0 Å². The second-order valence-corrected chi connectivity index (χ2v) is 4.04. The molecule has 1 atom stereocenters. The van der Waals surface area contributed by atoms with Crippen LogP contribution >= 0.6 is 0 Å². The third-order valence-corrected chi connectivity index (χ3v) is 3.04. The number of carbonyl (C=O) groups is 1. The molecule has 1 aromatic rings. The van der Waals surface area contributed by atoms with Gasteiger partial charge in [-0.1, -0.05) is 38.1 Å². The highest BCUT2D eigenvalue weighted by Gasteiger charge is 2.25. The van der Waals surface area contributed by atoms with E-state index in [1.54, 1.807) is 0 Å². The number of hydrogen-bond donors (Lipinski definition) is 1. The van der Waals surface area contributed by atoms with Crippen LogP contribution in [0.15, 0.2) is 24.3 Å². The Morgan fingerprint density at radius 1 is 1.32 bits per heavy atom. The number of likely N-dealkylation sites (N-methyl/N-ethyl adjacent to an activating group) is 1. The number of aryl methyl sites for hydroxylation is 1. The predicted molar refractivity (Wildman–Crippen MR) is 82.0 cm³/mol. The van der Waals surface area contributed by atoms with Gasteiger partial charge < -0.3 is 5.32 Å². The van der Waals surface area contributed by atoms with E-state index in [0.717, 1.165) is 25.8 Å². The molecule has 1 aliphatic carbocycles. The fourth-order valence-corrected chi connectivity index (χ4v) is 2.32. The van der Waals surface area contributed by atoms with E-state index in [9.17, 15) is 4.79 Å². The minimum absolute atomic E-state index is 0.0786. The molecule has 0 unspecified atom stereocenters. The van der Waals surface area contributed by atoms with E-state index >= 15 is 0 Å². The molecule has 1 amide bonds. The van der Waals surface area contributed by atoms with Crippen LogP contribution in [0.5, 0.6) is 0 Å². The Hall–Kier alpha value is -1.75. The number of fused-ring (bicyclic) bond motifs is 1. The van der Waals surface area contributed by atoms with E-state index in [2.05, 4.69) is 36.4 Å². The van der Waals surface area contributed by atoms with Crippen molar-refractivity contribution in [1.82, 2.24) is 5.32 Å². The lowest BCUT2D eigenvalue weighted by Crippen LogP contribution is -2.31. The summed E-state index contributed by atoms with van der Waals surface area (Å²) in [6.07, 6.45) is 11.2. The molecule has 104 valence electrons. The molecule has 1 aliphatic rings. The summed E-state index contributed by atoms with van der Waals surface area (Å²) in [6.45, 7) is 6.68. The third-order valence-electron chi connectivity index (χ3n) is 3.04. The smallest absolute Gasteiger partial charge is 0.227 e. The summed E-state index contributed by atoms with van der Waals surface area (Å²) < 4.78 is 0. The average Bonchev–Trinajstić information content (AvgIpc) is 2.51. The molecule has 19 heavy (non-hydrogen) atoms. The van der Waals surface area contributed by atoms with E-state index in [4.69, 9.17) is 0 Å². The highest BCUT2D eigenvalue weighted by Crippen LogP contribution is 2.31. The maximum absolute atomic E-state index is 11.8. The lowest BCUT2D eigenvalue weighted by Gasteiger charge is -2.24. The number of benzene rings is 1. The van der Waals surface area contributed by atoms with Crippen molar-refractivity contribution in [2.75, 3.05) is 6.54 Å². The van der Waals surface area contributed by atoms with Crippen LogP contribution in [0, 0.1) is 12.8 Å². The Morgan fingerprint density at radius 2 is 1.95 bits per heavy atom. The molecule has 2 nitrogen and oxygen atoms in total. The molecule has 0 radical (unpaired) electrons. The zero-order valence-electron chi connectivity index (χ0n) is 12.3. The number of hydrogen-bond acceptors (Lipinski definition) is 1. The van der Waals surface area contributed by atoms with Crippen molar-refractivity contribution < 1.29 is 4.79 Å². The fraction of sp³-hybridized carbons (Fsp3) is 0.471. The zero-order valence-corrected chi connectivity index (χ0v) is 12.3. The summed E-state index contributed by atoms with van der Waals surface area (Å²) in [6, 6.07) is 8.31. The highest BCUT2D eigenvalue weighted by molar-refractivity contribution is 5.84. The van der Waals surface area contributed by atoms with Crippen LogP contribution in [-0.4, -0.2) is 12.5 Å². The van der Waals surface area contributed by atoms with E-state index in [1.165, 1.54) is 11.1 Å². The van der Waals surface area contributed by atoms with Crippen LogP contribution in [-0.2, 0) is 11.2 Å². The largest absolute Gasteiger partial charge is 0.356 e. The summed E-state index contributed by atoms with van der Waals surface area (Å²) in [4.78, 5) is 11.8. The van der Waals surface area contributed by atoms with Crippen molar-refractivity contribution in [1.29, 1.82) is 0 Å². The third kappa shape index (κ3) is 4.79. The van der Waals surface area contributed by atoms with E-state index < -0.39 is 0 Å². The summed E-state index contributed by atoms with van der Waals surface area (Å²) in [7, 11) is 0. The average molecular weight is 259 g/mol. The predicted octanol–water partition coefficient (Wildman–Crippen LogP) is 3.52.